The molecule has 0 radical (unpaired) electrons. The van der Waals surface area contributed by atoms with E-state index in [4.69, 9.17) is 19.9 Å². The second-order valence-corrected chi connectivity index (χ2v) is 5.42. The Hall–Kier alpha value is -1.46. The minimum atomic E-state index is 0.0542. The number of hydrogen-bond acceptors (Lipinski definition) is 5. The molecule has 0 amide bonds. The molecule has 0 aromatic heterocycles. The highest BCUT2D eigenvalue weighted by molar-refractivity contribution is 5.52. The van der Waals surface area contributed by atoms with Crippen molar-refractivity contribution in [1.29, 1.82) is 0 Å². The molecular weight excluding hydrogens is 268 g/mol. The topological polar surface area (TPSA) is 65.7 Å². The van der Waals surface area contributed by atoms with Crippen LogP contribution in [0.25, 0.3) is 0 Å². The van der Waals surface area contributed by atoms with Gasteiger partial charge < -0.3 is 25.3 Å². The molecule has 1 aliphatic carbocycles. The summed E-state index contributed by atoms with van der Waals surface area (Å²) in [5.74, 6) is 3.02. The van der Waals surface area contributed by atoms with Gasteiger partial charge in [0, 0.05) is 24.2 Å². The minimum absolute atomic E-state index is 0.0542. The first kappa shape index (κ1) is 15.9. The molecule has 5 heteroatoms. The van der Waals surface area contributed by atoms with E-state index < -0.39 is 0 Å². The molecule has 21 heavy (non-hydrogen) atoms. The van der Waals surface area contributed by atoms with Crippen LogP contribution in [0, 0.1) is 5.92 Å². The third-order valence-corrected chi connectivity index (χ3v) is 3.99. The second-order valence-electron chi connectivity index (χ2n) is 5.42. The van der Waals surface area contributed by atoms with Gasteiger partial charge in [-0.15, -0.1) is 0 Å². The summed E-state index contributed by atoms with van der Waals surface area (Å²) < 4.78 is 16.2. The fourth-order valence-corrected chi connectivity index (χ4v) is 2.51. The number of rotatable bonds is 9. The summed E-state index contributed by atoms with van der Waals surface area (Å²) in [5, 5.41) is 3.52. The van der Waals surface area contributed by atoms with Crippen molar-refractivity contribution in [3.63, 3.8) is 0 Å². The molecule has 1 saturated carbocycles. The Labute approximate surface area is 126 Å². The molecule has 5 nitrogen and oxygen atoms in total. The van der Waals surface area contributed by atoms with Crippen molar-refractivity contribution in [3.05, 3.63) is 17.7 Å². The molecule has 1 unspecified atom stereocenters. The average Bonchev–Trinajstić information content (AvgIpc) is 3.34. The Bertz CT molecular complexity index is 461. The molecule has 0 saturated heterocycles. The van der Waals surface area contributed by atoms with Gasteiger partial charge in [0.15, 0.2) is 11.5 Å². The summed E-state index contributed by atoms with van der Waals surface area (Å²) in [4.78, 5) is 0. The second kappa shape index (κ2) is 7.52. The summed E-state index contributed by atoms with van der Waals surface area (Å²) >= 11 is 0. The summed E-state index contributed by atoms with van der Waals surface area (Å²) in [6.07, 6.45) is 3.95. The molecule has 0 bridgehead atoms. The zero-order chi connectivity index (χ0) is 15.2. The van der Waals surface area contributed by atoms with Crippen molar-refractivity contribution < 1.29 is 14.2 Å². The van der Waals surface area contributed by atoms with E-state index in [1.165, 1.54) is 19.3 Å². The third kappa shape index (κ3) is 4.02. The maximum atomic E-state index is 5.93. The monoisotopic (exact) mass is 294 g/mol. The Kier molecular flexibility index (Phi) is 5.70. The molecule has 3 N–H and O–H groups in total. The highest BCUT2D eigenvalue weighted by atomic mass is 16.5. The molecule has 0 aliphatic heterocycles. The molecular formula is C16H26N2O3. The third-order valence-electron chi connectivity index (χ3n) is 3.99. The van der Waals surface area contributed by atoms with Gasteiger partial charge in [0.25, 0.3) is 0 Å². The molecule has 2 rings (SSSR count). The van der Waals surface area contributed by atoms with E-state index in [-0.39, 0.29) is 6.04 Å². The lowest BCUT2D eigenvalue weighted by atomic mass is 10.0. The lowest BCUT2D eigenvalue weighted by molar-refractivity contribution is 0.345. The predicted octanol–water partition coefficient (Wildman–Crippen LogP) is 2.10. The lowest BCUT2D eigenvalue weighted by Gasteiger charge is -2.21. The van der Waals surface area contributed by atoms with E-state index in [1.807, 2.05) is 12.1 Å². The van der Waals surface area contributed by atoms with Gasteiger partial charge in [-0.1, -0.05) is 12.8 Å². The van der Waals surface area contributed by atoms with Crippen LogP contribution in [-0.2, 0) is 0 Å². The van der Waals surface area contributed by atoms with Crippen LogP contribution in [0.15, 0.2) is 12.1 Å². The SMILES string of the molecule is COc1cc(OC)c(C(CN)NCCC2CC2)cc1OC. The molecule has 118 valence electrons. The zero-order valence-electron chi connectivity index (χ0n) is 13.1. The average molecular weight is 294 g/mol. The van der Waals surface area contributed by atoms with Gasteiger partial charge in [0.2, 0.25) is 0 Å². The van der Waals surface area contributed by atoms with Gasteiger partial charge in [-0.3, -0.25) is 0 Å². The Morgan fingerprint density at radius 3 is 2.24 bits per heavy atom. The Balaban J connectivity index is 2.16. The summed E-state index contributed by atoms with van der Waals surface area (Å²) in [5.41, 5.74) is 6.94. The molecule has 1 aromatic rings. The van der Waals surface area contributed by atoms with Gasteiger partial charge in [-0.05, 0) is 24.9 Å². The number of nitrogens with two attached hydrogens (primary N) is 1. The summed E-state index contributed by atoms with van der Waals surface area (Å²) in [7, 11) is 4.90. The van der Waals surface area contributed by atoms with Crippen LogP contribution in [0.2, 0.25) is 0 Å². The van der Waals surface area contributed by atoms with Crippen LogP contribution in [0.1, 0.15) is 30.9 Å². The predicted molar refractivity (Wildman–Crippen MR) is 83.2 cm³/mol. The number of hydrogen-bond donors (Lipinski definition) is 2. The number of methoxy groups -OCH3 is 3. The largest absolute Gasteiger partial charge is 0.496 e. The van der Waals surface area contributed by atoms with E-state index in [1.54, 1.807) is 21.3 Å². The van der Waals surface area contributed by atoms with Crippen LogP contribution in [-0.4, -0.2) is 34.4 Å². The summed E-state index contributed by atoms with van der Waals surface area (Å²) in [6.45, 7) is 1.49. The molecule has 1 aromatic carbocycles. The molecule has 1 fully saturated rings. The van der Waals surface area contributed by atoms with Crippen LogP contribution in [0.4, 0.5) is 0 Å². The van der Waals surface area contributed by atoms with Crippen LogP contribution in [0.3, 0.4) is 0 Å². The number of ether oxygens (including phenoxy) is 3. The van der Waals surface area contributed by atoms with E-state index in [9.17, 15) is 0 Å². The van der Waals surface area contributed by atoms with Gasteiger partial charge in [0.05, 0.1) is 21.3 Å². The van der Waals surface area contributed by atoms with Crippen molar-refractivity contribution >= 4 is 0 Å². The first-order chi connectivity index (χ1) is 10.2. The zero-order valence-corrected chi connectivity index (χ0v) is 13.1. The maximum absolute atomic E-state index is 5.93. The Morgan fingerprint density at radius 2 is 1.71 bits per heavy atom. The van der Waals surface area contributed by atoms with Crippen molar-refractivity contribution in [2.75, 3.05) is 34.4 Å². The van der Waals surface area contributed by atoms with E-state index in [0.29, 0.717) is 18.0 Å². The van der Waals surface area contributed by atoms with Crippen molar-refractivity contribution in [1.82, 2.24) is 5.32 Å². The standard InChI is InChI=1S/C16H26N2O3/c1-19-14-9-16(21-3)15(20-2)8-12(14)13(10-17)18-7-6-11-4-5-11/h8-9,11,13,18H,4-7,10,17H2,1-3H3. The van der Waals surface area contributed by atoms with Gasteiger partial charge in [-0.2, -0.15) is 0 Å². The van der Waals surface area contributed by atoms with Gasteiger partial charge in [-0.25, -0.2) is 0 Å². The van der Waals surface area contributed by atoms with E-state index in [0.717, 1.165) is 23.8 Å². The van der Waals surface area contributed by atoms with Crippen LogP contribution in [0.5, 0.6) is 17.2 Å². The van der Waals surface area contributed by atoms with Gasteiger partial charge >= 0.3 is 0 Å². The minimum Gasteiger partial charge on any atom is -0.496 e. The van der Waals surface area contributed by atoms with Crippen LogP contribution >= 0.6 is 0 Å². The van der Waals surface area contributed by atoms with Crippen molar-refractivity contribution in [3.8, 4) is 17.2 Å². The fraction of sp³-hybridized carbons (Fsp3) is 0.625. The number of nitrogens with one attached hydrogen (secondary N) is 1. The maximum Gasteiger partial charge on any atom is 0.164 e. The normalized spacial score (nSPS) is 15.6. The van der Waals surface area contributed by atoms with Crippen molar-refractivity contribution in [2.24, 2.45) is 11.7 Å². The van der Waals surface area contributed by atoms with E-state index in [2.05, 4.69) is 5.32 Å². The quantitative estimate of drug-likeness (QED) is 0.730. The van der Waals surface area contributed by atoms with E-state index >= 15 is 0 Å². The summed E-state index contributed by atoms with van der Waals surface area (Å²) in [6, 6.07) is 3.84. The molecule has 0 heterocycles. The molecule has 1 aliphatic rings. The first-order valence-electron chi connectivity index (χ1n) is 7.46. The first-order valence-corrected chi connectivity index (χ1v) is 7.46. The van der Waals surface area contributed by atoms with Gasteiger partial charge in [0.1, 0.15) is 5.75 Å². The lowest BCUT2D eigenvalue weighted by Crippen LogP contribution is -2.29. The smallest absolute Gasteiger partial charge is 0.164 e. The number of benzene rings is 1. The highest BCUT2D eigenvalue weighted by Crippen LogP contribution is 2.37. The Morgan fingerprint density at radius 1 is 1.10 bits per heavy atom. The van der Waals surface area contributed by atoms with Crippen LogP contribution < -0.4 is 25.3 Å². The fourth-order valence-electron chi connectivity index (χ4n) is 2.51. The van der Waals surface area contributed by atoms with Crippen molar-refractivity contribution in [2.45, 2.75) is 25.3 Å². The molecule has 0 spiro atoms. The molecule has 1 atom stereocenters. The highest BCUT2D eigenvalue weighted by Gasteiger charge is 2.22.